The minimum atomic E-state index is 0.971. The molecule has 1 aliphatic rings. The molecule has 3 heterocycles. The summed E-state index contributed by atoms with van der Waals surface area (Å²) in [7, 11) is 0. The molecule has 0 bridgehead atoms. The molecular weight excluding hydrogens is 796 g/mol. The zero-order chi connectivity index (χ0) is 28.2. The first-order chi connectivity index (χ1) is 20.1. The van der Waals surface area contributed by atoms with Crippen LogP contribution in [0.4, 0.5) is 0 Å². The van der Waals surface area contributed by atoms with E-state index < -0.39 is 0 Å². The maximum atomic E-state index is 4.58. The van der Waals surface area contributed by atoms with Gasteiger partial charge in [0.05, 0.1) is 11.2 Å². The summed E-state index contributed by atoms with van der Waals surface area (Å²) in [6.45, 7) is 0. The van der Waals surface area contributed by atoms with Gasteiger partial charge in [0.25, 0.3) is 0 Å². The molecule has 200 valence electrons. The largest absolute Gasteiger partial charge is 0.294 e. The van der Waals surface area contributed by atoms with Gasteiger partial charge >= 0.3 is 0 Å². The van der Waals surface area contributed by atoms with Crippen molar-refractivity contribution in [2.45, 2.75) is 6.42 Å². The quantitative estimate of drug-likeness (QED) is 0.155. The maximum absolute atomic E-state index is 4.58. The molecule has 41 heavy (non-hydrogen) atoms. The molecule has 0 aliphatic heterocycles. The number of para-hydroxylation sites is 1. The molecule has 0 saturated heterocycles. The molecule has 3 aromatic heterocycles. The highest BCUT2D eigenvalue weighted by Crippen LogP contribution is 2.36. The van der Waals surface area contributed by atoms with Crippen molar-refractivity contribution >= 4 is 83.0 Å². The highest BCUT2D eigenvalue weighted by Gasteiger charge is 2.18. The third-order valence-corrected chi connectivity index (χ3v) is 8.73. The number of hydrogen-bond donors (Lipinski definition) is 0. The Kier molecular flexibility index (Phi) is 8.78. The van der Waals surface area contributed by atoms with Crippen LogP contribution in [-0.2, 0) is 6.42 Å². The summed E-state index contributed by atoms with van der Waals surface area (Å²) < 4.78 is 5.89. The predicted molar refractivity (Wildman–Crippen MR) is 191 cm³/mol. The molecule has 4 aromatic carbocycles. The third-order valence-electron chi connectivity index (χ3n) is 6.85. The Morgan fingerprint density at radius 2 is 1.34 bits per heavy atom. The highest BCUT2D eigenvalue weighted by atomic mass is 127. The van der Waals surface area contributed by atoms with E-state index in [1.165, 1.54) is 45.8 Å². The zero-order valence-corrected chi connectivity index (χ0v) is 27.8. The zero-order valence-electron chi connectivity index (χ0n) is 21.9. The smallest absolute Gasteiger partial charge is 0.145 e. The Bertz CT molecular complexity index is 1950. The molecule has 0 radical (unpaired) electrons. The molecule has 0 saturated carbocycles. The first-order valence-electron chi connectivity index (χ1n) is 13.1. The van der Waals surface area contributed by atoms with Crippen LogP contribution in [0.3, 0.4) is 0 Å². The average molecular weight is 820 g/mol. The van der Waals surface area contributed by atoms with E-state index in [1.54, 1.807) is 0 Å². The molecule has 3 nitrogen and oxygen atoms in total. The minimum absolute atomic E-state index is 0.971. The van der Waals surface area contributed by atoms with E-state index in [2.05, 4.69) is 161 Å². The van der Waals surface area contributed by atoms with Gasteiger partial charge in [-0.3, -0.25) is 9.55 Å². The molecule has 0 spiro atoms. The first kappa shape index (κ1) is 28.1. The van der Waals surface area contributed by atoms with E-state index in [0.29, 0.717) is 0 Å². The average Bonchev–Trinajstić information content (AvgIpc) is 3.54. The fourth-order valence-electron chi connectivity index (χ4n) is 5.03. The summed E-state index contributed by atoms with van der Waals surface area (Å²) in [4.78, 5) is 8.97. The van der Waals surface area contributed by atoms with Crippen molar-refractivity contribution in [2.24, 2.45) is 0 Å². The molecule has 8 rings (SSSR count). The van der Waals surface area contributed by atoms with Crippen LogP contribution in [0, 0.1) is 7.14 Å². The van der Waals surface area contributed by atoms with Crippen LogP contribution in [0.5, 0.6) is 0 Å². The standard InChI is InChI=1S/C17H11IN2.C12H8BrN.C6H5I/c18-12-8-9-16-15(11-12)14-7-4-10-19-17(14)20(16)13-5-2-1-3-6-13;13-9-4-3-8-6-12-10(11(8)7-9)2-1-5-14-12;7-6-4-2-1-3-5-6/h1-11H;1-5,7H,6H2;1-5H. The SMILES string of the molecule is Brc1ccc2c(c1)-c1cccnc1C2.Ic1ccc2c(c1)c1cccnc1n2-c1ccccc1.Ic1ccccc1. The van der Waals surface area contributed by atoms with Crippen LogP contribution in [0.25, 0.3) is 38.8 Å². The van der Waals surface area contributed by atoms with Crippen LogP contribution >= 0.6 is 61.1 Å². The molecule has 1 aliphatic carbocycles. The van der Waals surface area contributed by atoms with Crippen molar-refractivity contribution < 1.29 is 0 Å². The Labute approximate surface area is 275 Å². The van der Waals surface area contributed by atoms with Gasteiger partial charge in [-0.2, -0.15) is 0 Å². The molecule has 0 unspecified atom stereocenters. The van der Waals surface area contributed by atoms with Crippen molar-refractivity contribution in [1.82, 2.24) is 14.5 Å². The molecular formula is C35H24BrI2N3. The van der Waals surface area contributed by atoms with Gasteiger partial charge in [0.15, 0.2) is 0 Å². The molecule has 0 N–H and O–H groups in total. The molecule has 7 aromatic rings. The number of nitrogens with zero attached hydrogens (tertiary/aromatic N) is 3. The highest BCUT2D eigenvalue weighted by molar-refractivity contribution is 14.1. The van der Waals surface area contributed by atoms with Crippen LogP contribution in [-0.4, -0.2) is 14.5 Å². The van der Waals surface area contributed by atoms with E-state index in [9.17, 15) is 0 Å². The van der Waals surface area contributed by atoms with Gasteiger partial charge in [0.1, 0.15) is 5.65 Å². The second kappa shape index (κ2) is 12.8. The van der Waals surface area contributed by atoms with Crippen LogP contribution in [0.1, 0.15) is 11.3 Å². The fourth-order valence-corrected chi connectivity index (χ4v) is 6.30. The van der Waals surface area contributed by atoms with E-state index in [1.807, 2.05) is 48.8 Å². The summed E-state index contributed by atoms with van der Waals surface area (Å²) in [5.41, 5.74) is 8.53. The summed E-state index contributed by atoms with van der Waals surface area (Å²) in [6.07, 6.45) is 4.68. The van der Waals surface area contributed by atoms with Crippen LogP contribution < -0.4 is 0 Å². The lowest BCUT2D eigenvalue weighted by Gasteiger charge is -2.06. The number of hydrogen-bond acceptors (Lipinski definition) is 2. The van der Waals surface area contributed by atoms with Gasteiger partial charge < -0.3 is 0 Å². The molecule has 6 heteroatoms. The van der Waals surface area contributed by atoms with E-state index in [-0.39, 0.29) is 0 Å². The predicted octanol–water partition coefficient (Wildman–Crippen LogP) is 10.5. The van der Waals surface area contributed by atoms with E-state index in [0.717, 1.165) is 22.2 Å². The van der Waals surface area contributed by atoms with Crippen molar-refractivity contribution in [3.05, 3.63) is 157 Å². The Hall–Kier alpha value is -3.08. The number of benzene rings is 4. The van der Waals surface area contributed by atoms with Crippen LogP contribution in [0.2, 0.25) is 0 Å². The monoisotopic (exact) mass is 819 g/mol. The van der Waals surface area contributed by atoms with Crippen molar-refractivity contribution in [3.63, 3.8) is 0 Å². The van der Waals surface area contributed by atoms with Crippen molar-refractivity contribution in [1.29, 1.82) is 0 Å². The summed E-state index contributed by atoms with van der Waals surface area (Å²) in [5.74, 6) is 0. The van der Waals surface area contributed by atoms with Gasteiger partial charge in [-0.1, -0.05) is 64.5 Å². The minimum Gasteiger partial charge on any atom is -0.294 e. The maximum Gasteiger partial charge on any atom is 0.145 e. The summed E-state index contributed by atoms with van der Waals surface area (Å²) >= 11 is 8.13. The lowest BCUT2D eigenvalue weighted by molar-refractivity contribution is 1.12. The van der Waals surface area contributed by atoms with E-state index in [4.69, 9.17) is 0 Å². The number of halogens is 3. The Morgan fingerprint density at radius 3 is 2.10 bits per heavy atom. The van der Waals surface area contributed by atoms with Crippen molar-refractivity contribution in [2.75, 3.05) is 0 Å². The lowest BCUT2D eigenvalue weighted by Crippen LogP contribution is -1.94. The van der Waals surface area contributed by atoms with Gasteiger partial charge in [0.2, 0.25) is 0 Å². The first-order valence-corrected chi connectivity index (χ1v) is 16.1. The Balaban J connectivity index is 0.000000124. The summed E-state index contributed by atoms with van der Waals surface area (Å²) in [6, 6.07) is 41.8. The van der Waals surface area contributed by atoms with Crippen LogP contribution in [0.15, 0.2) is 138 Å². The number of rotatable bonds is 1. The van der Waals surface area contributed by atoms with Gasteiger partial charge in [0, 0.05) is 52.5 Å². The van der Waals surface area contributed by atoms with Gasteiger partial charge in [-0.15, -0.1) is 0 Å². The molecule has 0 fully saturated rings. The molecule has 0 atom stereocenters. The van der Waals surface area contributed by atoms with Gasteiger partial charge in [-0.05, 0) is 129 Å². The lowest BCUT2D eigenvalue weighted by atomic mass is 10.1. The van der Waals surface area contributed by atoms with Crippen molar-refractivity contribution in [3.8, 4) is 16.8 Å². The topological polar surface area (TPSA) is 30.7 Å². The second-order valence-corrected chi connectivity index (χ2v) is 12.9. The number of fused-ring (bicyclic) bond motifs is 6. The number of aromatic nitrogens is 3. The fraction of sp³-hybridized carbons (Fsp3) is 0.0286. The summed E-state index contributed by atoms with van der Waals surface area (Å²) in [5, 5.41) is 2.45. The van der Waals surface area contributed by atoms with Gasteiger partial charge in [-0.25, -0.2) is 4.98 Å². The second-order valence-electron chi connectivity index (χ2n) is 9.48. The van der Waals surface area contributed by atoms with E-state index >= 15 is 0 Å². The molecule has 0 amide bonds. The number of pyridine rings is 2. The Morgan fingerprint density at radius 1 is 0.610 bits per heavy atom. The third kappa shape index (κ3) is 6.24. The normalized spacial score (nSPS) is 11.2.